The monoisotopic (exact) mass is 1650 g/mol. The molecular weight excluding hydrogens is 1460 g/mol. The number of nitrogens with zero attached hydrogens (tertiary/aromatic N) is 14. The molecule has 20 nitrogen and oxygen atoms in total. The van der Waals surface area contributed by atoms with E-state index in [9.17, 15) is 26.4 Å². The van der Waals surface area contributed by atoms with Crippen LogP contribution in [0.3, 0.4) is 0 Å². The maximum absolute atomic E-state index is 11.4. The van der Waals surface area contributed by atoms with Crippen LogP contribution in [-0.2, 0) is 29.6 Å². The first-order valence-corrected chi connectivity index (χ1v) is 48.2. The Bertz CT molecular complexity index is 2610. The molecule has 0 atom stereocenters. The fraction of sp³-hybridized carbons (Fsp3) is 0.978. The number of sulfonamides is 2. The Balaban J connectivity index is 0. The second-order valence-electron chi connectivity index (χ2n) is 41.7. The molecule has 23 heteroatoms. The van der Waals surface area contributed by atoms with Crippen LogP contribution in [0.15, 0.2) is 0 Å². The van der Waals surface area contributed by atoms with Gasteiger partial charge in [0.2, 0.25) is 31.9 Å². The van der Waals surface area contributed by atoms with Gasteiger partial charge in [0.25, 0.3) is 0 Å². The van der Waals surface area contributed by atoms with Gasteiger partial charge in [-0.05, 0) is 311 Å². The number of likely N-dealkylation sites (tertiary alicyclic amines) is 4. The molecule has 0 aromatic carbocycles. The zero-order valence-corrected chi connectivity index (χ0v) is 81.2. The number of amides is 2. The summed E-state index contributed by atoms with van der Waals surface area (Å²) in [5, 5.41) is 0. The highest BCUT2D eigenvalue weighted by molar-refractivity contribution is 7.99. The minimum Gasteiger partial charge on any atom is -0.340 e. The van der Waals surface area contributed by atoms with Crippen LogP contribution in [-0.4, -0.2) is 359 Å². The van der Waals surface area contributed by atoms with Crippen molar-refractivity contribution in [3.05, 3.63) is 0 Å². The Morgan fingerprint density at radius 1 is 0.384 bits per heavy atom. The molecule has 0 saturated carbocycles. The molecule has 10 fully saturated rings. The fourth-order valence-corrected chi connectivity index (χ4v) is 18.6. The molecule has 0 aliphatic carbocycles. The smallest absolute Gasteiger partial charge is 0.222 e. The lowest BCUT2D eigenvalue weighted by atomic mass is 10.0. The zero-order chi connectivity index (χ0) is 84.7. The van der Waals surface area contributed by atoms with Gasteiger partial charge in [0.05, 0.1) is 12.0 Å². The highest BCUT2D eigenvalue weighted by Gasteiger charge is 2.34. The molecule has 10 aliphatic heterocycles. The van der Waals surface area contributed by atoms with Crippen molar-refractivity contribution in [3.63, 3.8) is 0 Å². The Morgan fingerprint density at radius 3 is 0.902 bits per heavy atom. The van der Waals surface area contributed by atoms with E-state index in [0.717, 1.165) is 65.1 Å². The van der Waals surface area contributed by atoms with E-state index in [0.29, 0.717) is 64.5 Å². The summed E-state index contributed by atoms with van der Waals surface area (Å²) in [5.41, 5.74) is 2.74. The summed E-state index contributed by atoms with van der Waals surface area (Å²) in [7, 11) is -3.65. The van der Waals surface area contributed by atoms with E-state index < -0.39 is 20.0 Å². The minimum atomic E-state index is -2.99. The summed E-state index contributed by atoms with van der Waals surface area (Å²) < 4.78 is 47.9. The van der Waals surface area contributed by atoms with Crippen molar-refractivity contribution in [2.75, 3.05) is 207 Å². The normalized spacial score (nSPS) is 22.4. The van der Waals surface area contributed by atoms with Crippen LogP contribution in [0.2, 0.25) is 0 Å². The first-order valence-electron chi connectivity index (χ1n) is 43.6. The average molecular weight is 1650 g/mol. The third-order valence-corrected chi connectivity index (χ3v) is 27.4. The predicted octanol–water partition coefficient (Wildman–Crippen LogP) is 15.5. The van der Waals surface area contributed by atoms with Gasteiger partial charge in [-0.3, -0.25) is 48.8 Å². The molecule has 112 heavy (non-hydrogen) atoms. The number of hydrogen-bond acceptors (Lipinski definition) is 17. The van der Waals surface area contributed by atoms with Crippen LogP contribution in [0.4, 0.5) is 0 Å². The van der Waals surface area contributed by atoms with E-state index in [2.05, 4.69) is 262 Å². The van der Waals surface area contributed by atoms with Crippen LogP contribution in [0.1, 0.15) is 307 Å². The first kappa shape index (κ1) is 113. The molecule has 672 valence electrons. The maximum atomic E-state index is 11.4. The van der Waals surface area contributed by atoms with Gasteiger partial charge in [0.1, 0.15) is 0 Å². The van der Waals surface area contributed by atoms with Crippen molar-refractivity contribution in [2.24, 2.45) is 0 Å². The number of piperidine rings is 3. The van der Waals surface area contributed by atoms with Gasteiger partial charge in [-0.1, -0.05) is 34.6 Å². The second kappa shape index (κ2) is 51.5. The molecule has 10 heterocycles. The van der Waals surface area contributed by atoms with E-state index in [1.54, 1.807) is 15.5 Å². The highest BCUT2D eigenvalue weighted by Crippen LogP contribution is 2.26. The van der Waals surface area contributed by atoms with Crippen LogP contribution in [0.25, 0.3) is 0 Å². The van der Waals surface area contributed by atoms with Crippen molar-refractivity contribution < 1.29 is 26.4 Å². The lowest BCUT2D eigenvalue weighted by Crippen LogP contribution is -2.54. The number of carbonyl (C=O) groups excluding carboxylic acids is 2. The van der Waals surface area contributed by atoms with Crippen molar-refractivity contribution >= 4 is 43.6 Å². The van der Waals surface area contributed by atoms with E-state index >= 15 is 0 Å². The number of piperazine rings is 4. The molecular formula is C89H192N14O6S3. The van der Waals surface area contributed by atoms with Crippen LogP contribution >= 0.6 is 11.8 Å². The standard InChI is InChI=1S/C10H20N2O.C10H22N2.C9H20N2O2S.C9H20N2.C9H17NO.2C9H19N.C8H17NS.C8H17N.C6H13NO2S.2CH4/c1-9(13)11-5-7-12(8-6-11)10(2,3)4;1-5-11-6-8-12(9-7-11)10(2,3)4;1-9(2,3)10-5-7-11(8-6-10)14(4,12)13;1-9(2,3)11-7-5-10(4)6-8-11;1-9(2,3)10-7-5-4-6-8(10)11;2*1-9(2,3)10-7-5-4-6-8-10;1-8(2,3)9-4-6-10-7-5-9;1-8(2,3)9-6-4-5-7-9;1-6(2)7-4-3-5-10(7,8)9;;/h5-8H2,1-4H3;5-9H2,1-4H3;5-8H2,1-4H3;5-8H2,1-4H3;4-7H2,1-3H3;2*4-8H2,1-3H3;4-7H2,1-3H3;4-7H2,1-3H3;6H,3-5H2,1-2H3;2*1H4. The molecule has 0 bridgehead atoms. The molecule has 0 N–H and O–H groups in total. The van der Waals surface area contributed by atoms with E-state index in [1.165, 1.54) is 187 Å². The van der Waals surface area contributed by atoms with Gasteiger partial charge >= 0.3 is 0 Å². The zero-order valence-electron chi connectivity index (χ0n) is 78.7. The number of thioether (sulfide) groups is 1. The minimum absolute atomic E-state index is 0. The van der Waals surface area contributed by atoms with Crippen molar-refractivity contribution in [1.82, 2.24) is 67.4 Å². The van der Waals surface area contributed by atoms with Gasteiger partial charge in [-0.15, -0.1) is 0 Å². The lowest BCUT2D eigenvalue weighted by molar-refractivity contribution is -0.138. The third-order valence-electron chi connectivity index (χ3n) is 23.0. The molecule has 2 amide bonds. The van der Waals surface area contributed by atoms with Gasteiger partial charge in [0, 0.05) is 212 Å². The Morgan fingerprint density at radius 2 is 0.670 bits per heavy atom. The number of likely N-dealkylation sites (N-methyl/N-ethyl adjacent to an activating group) is 2. The summed E-state index contributed by atoms with van der Waals surface area (Å²) in [6, 6.07) is 0.132. The predicted molar refractivity (Wildman–Crippen MR) is 492 cm³/mol. The Kier molecular flexibility index (Phi) is 51.8. The summed E-state index contributed by atoms with van der Waals surface area (Å²) in [6.07, 6.45) is 16.3. The van der Waals surface area contributed by atoms with Crippen LogP contribution in [0, 0.1) is 0 Å². The van der Waals surface area contributed by atoms with Crippen LogP contribution in [0.5, 0.6) is 0 Å². The summed E-state index contributed by atoms with van der Waals surface area (Å²) in [4.78, 5) is 51.4. The number of carbonyl (C=O) groups is 2. The van der Waals surface area contributed by atoms with Gasteiger partial charge in [-0.2, -0.15) is 20.4 Å². The van der Waals surface area contributed by atoms with Gasteiger partial charge < -0.3 is 19.6 Å². The quantitative estimate of drug-likeness (QED) is 0.264. The van der Waals surface area contributed by atoms with Gasteiger partial charge in [-0.25, -0.2) is 16.8 Å². The molecule has 10 saturated heterocycles. The highest BCUT2D eigenvalue weighted by atomic mass is 32.2. The van der Waals surface area contributed by atoms with Gasteiger partial charge in [0.15, 0.2) is 0 Å². The van der Waals surface area contributed by atoms with E-state index in [1.807, 2.05) is 23.6 Å². The maximum Gasteiger partial charge on any atom is 0.222 e. The number of rotatable bonds is 3. The summed E-state index contributed by atoms with van der Waals surface area (Å²) in [5.74, 6) is 3.50. The molecule has 10 aliphatic rings. The van der Waals surface area contributed by atoms with Crippen molar-refractivity contribution in [1.29, 1.82) is 0 Å². The molecule has 0 spiro atoms. The number of hydrogen-bond donors (Lipinski definition) is 0. The Labute approximate surface area is 702 Å². The second-order valence-corrected chi connectivity index (χ2v) is 46.9. The molecule has 10 rings (SSSR count). The summed E-state index contributed by atoms with van der Waals surface area (Å²) in [6.45, 7) is 98.2. The average Bonchev–Trinajstić information content (AvgIpc) is 1.78. The van der Waals surface area contributed by atoms with Crippen LogP contribution < -0.4 is 0 Å². The summed E-state index contributed by atoms with van der Waals surface area (Å²) >= 11 is 2.07. The first-order chi connectivity index (χ1) is 50.1. The van der Waals surface area contributed by atoms with E-state index in [-0.39, 0.29) is 43.4 Å². The molecule has 0 aromatic heterocycles. The fourth-order valence-electron chi connectivity index (χ4n) is 15.1. The topological polar surface area (TPSA) is 148 Å². The molecule has 0 unspecified atom stereocenters. The van der Waals surface area contributed by atoms with E-state index in [4.69, 9.17) is 0 Å². The molecule has 0 aromatic rings. The SMILES string of the molecule is C.C.CC(=O)N1CCN(C(C)(C)C)CC1.CC(C)(C)N1CCCC1.CC(C)(C)N1CCCCC1.CC(C)(C)N1CCCCC1.CC(C)(C)N1CCCCC1=O.CC(C)(C)N1CCN(S(C)(=O)=O)CC1.CC(C)(C)N1CCSCC1.CC(C)N1CCCS1(=O)=O.CCN1CCN(C(C)(C)C)CC1.CN1CCN(C(C)(C)C)CC1. The lowest BCUT2D eigenvalue weighted by Gasteiger charge is -2.42. The largest absolute Gasteiger partial charge is 0.340 e. The third kappa shape index (κ3) is 47.1. The molecule has 0 radical (unpaired) electrons. The Hall–Kier alpha value is -1.29. The van der Waals surface area contributed by atoms with Crippen molar-refractivity contribution in [3.8, 4) is 0 Å². The van der Waals surface area contributed by atoms with Crippen molar-refractivity contribution in [2.45, 2.75) is 362 Å².